The first-order valence-corrected chi connectivity index (χ1v) is 9.14. The maximum Gasteiger partial charge on any atom is 0.416 e. The normalized spacial score (nSPS) is 15.1. The van der Waals surface area contributed by atoms with Crippen LogP contribution in [0.4, 0.5) is 13.2 Å². The Kier molecular flexibility index (Phi) is 6.28. The third-order valence-electron chi connectivity index (χ3n) is 4.49. The second-order valence-electron chi connectivity index (χ2n) is 6.52. The highest BCUT2D eigenvalue weighted by atomic mass is 35.5. The molecular formula is C21H18ClF3N2O. The summed E-state index contributed by atoms with van der Waals surface area (Å²) in [6.45, 7) is 2.90. The minimum atomic E-state index is -4.32. The molecule has 1 aliphatic heterocycles. The molecule has 0 atom stereocenters. The van der Waals surface area contributed by atoms with Crippen LogP contribution in [0.1, 0.15) is 16.7 Å². The zero-order valence-electron chi connectivity index (χ0n) is 15.0. The largest absolute Gasteiger partial charge is 0.416 e. The Morgan fingerprint density at radius 3 is 2.32 bits per heavy atom. The number of alkyl halides is 3. The second-order valence-corrected chi connectivity index (χ2v) is 6.96. The number of hydrogen-bond acceptors (Lipinski definition) is 2. The Hall–Kier alpha value is -2.49. The van der Waals surface area contributed by atoms with Gasteiger partial charge in [0.2, 0.25) is 0 Å². The van der Waals surface area contributed by atoms with Gasteiger partial charge >= 0.3 is 6.18 Å². The van der Waals surface area contributed by atoms with E-state index in [-0.39, 0.29) is 5.91 Å². The SMILES string of the molecule is O=C(C#Cc1cccc(Cl)c1)N1CCN(Cc2ccc(C(F)(F)F)cc2)CC1. The molecule has 1 heterocycles. The van der Waals surface area contributed by atoms with Gasteiger partial charge in [-0.05, 0) is 35.9 Å². The van der Waals surface area contributed by atoms with Crippen LogP contribution >= 0.6 is 11.6 Å². The molecule has 0 N–H and O–H groups in total. The maximum absolute atomic E-state index is 12.6. The fourth-order valence-electron chi connectivity index (χ4n) is 2.94. The lowest BCUT2D eigenvalue weighted by molar-refractivity contribution is -0.137. The molecule has 1 amide bonds. The van der Waals surface area contributed by atoms with Gasteiger partial charge in [-0.25, -0.2) is 0 Å². The first-order chi connectivity index (χ1) is 13.3. The quantitative estimate of drug-likeness (QED) is 0.702. The summed E-state index contributed by atoms with van der Waals surface area (Å²) < 4.78 is 37.9. The first kappa shape index (κ1) is 20.2. The predicted octanol–water partition coefficient (Wildman–Crippen LogP) is 4.05. The van der Waals surface area contributed by atoms with E-state index < -0.39 is 11.7 Å². The lowest BCUT2D eigenvalue weighted by Gasteiger charge is -2.33. The van der Waals surface area contributed by atoms with Crippen LogP contribution in [-0.2, 0) is 17.5 Å². The second kappa shape index (κ2) is 8.68. The van der Waals surface area contributed by atoms with Crippen LogP contribution < -0.4 is 0 Å². The minimum Gasteiger partial charge on any atom is -0.329 e. The molecule has 0 bridgehead atoms. The summed E-state index contributed by atoms with van der Waals surface area (Å²) in [5.74, 6) is 5.21. The predicted molar refractivity (Wildman–Crippen MR) is 102 cm³/mol. The zero-order chi connectivity index (χ0) is 20.1. The molecule has 0 spiro atoms. The summed E-state index contributed by atoms with van der Waals surface area (Å²) in [4.78, 5) is 16.0. The monoisotopic (exact) mass is 406 g/mol. The summed E-state index contributed by atoms with van der Waals surface area (Å²) in [6.07, 6.45) is -4.32. The van der Waals surface area contributed by atoms with Crippen molar-refractivity contribution in [1.29, 1.82) is 0 Å². The smallest absolute Gasteiger partial charge is 0.329 e. The highest BCUT2D eigenvalue weighted by Gasteiger charge is 2.30. The summed E-state index contributed by atoms with van der Waals surface area (Å²) >= 11 is 5.90. The minimum absolute atomic E-state index is 0.242. The van der Waals surface area contributed by atoms with Gasteiger partial charge in [0.1, 0.15) is 0 Å². The molecule has 2 aromatic carbocycles. The molecule has 1 saturated heterocycles. The van der Waals surface area contributed by atoms with Crippen molar-refractivity contribution in [3.8, 4) is 11.8 Å². The molecular weight excluding hydrogens is 389 g/mol. The van der Waals surface area contributed by atoms with Crippen molar-refractivity contribution in [3.05, 3.63) is 70.2 Å². The maximum atomic E-state index is 12.6. The highest BCUT2D eigenvalue weighted by molar-refractivity contribution is 6.30. The molecule has 1 fully saturated rings. The summed E-state index contributed by atoms with van der Waals surface area (Å²) in [6, 6.07) is 12.2. The molecule has 0 unspecified atom stereocenters. The van der Waals surface area contributed by atoms with Gasteiger partial charge in [0.25, 0.3) is 5.91 Å². The Labute approximate surface area is 166 Å². The summed E-state index contributed by atoms with van der Waals surface area (Å²) in [7, 11) is 0. The number of halogens is 4. The molecule has 28 heavy (non-hydrogen) atoms. The topological polar surface area (TPSA) is 23.6 Å². The van der Waals surface area contributed by atoms with Gasteiger partial charge < -0.3 is 4.90 Å². The molecule has 0 radical (unpaired) electrons. The van der Waals surface area contributed by atoms with E-state index in [9.17, 15) is 18.0 Å². The van der Waals surface area contributed by atoms with Crippen LogP contribution in [-0.4, -0.2) is 41.9 Å². The van der Waals surface area contributed by atoms with Crippen LogP contribution in [0.15, 0.2) is 48.5 Å². The van der Waals surface area contributed by atoms with Gasteiger partial charge in [-0.2, -0.15) is 13.2 Å². The number of rotatable bonds is 2. The van der Waals surface area contributed by atoms with E-state index in [4.69, 9.17) is 11.6 Å². The molecule has 7 heteroatoms. The van der Waals surface area contributed by atoms with Gasteiger partial charge in [0, 0.05) is 49.2 Å². The third-order valence-corrected chi connectivity index (χ3v) is 4.72. The van der Waals surface area contributed by atoms with Gasteiger partial charge in [-0.3, -0.25) is 9.69 Å². The van der Waals surface area contributed by atoms with Crippen molar-refractivity contribution >= 4 is 17.5 Å². The molecule has 1 aliphatic rings. The molecule has 0 aliphatic carbocycles. The van der Waals surface area contributed by atoms with E-state index in [1.54, 1.807) is 29.2 Å². The standard InChI is InChI=1S/C21H18ClF3N2O/c22-19-3-1-2-16(14-19)6-9-20(28)27-12-10-26(11-13-27)15-17-4-7-18(8-5-17)21(23,24)25/h1-5,7-8,14H,10-13,15H2. The van der Waals surface area contributed by atoms with Gasteiger partial charge in [-0.15, -0.1) is 0 Å². The number of piperazine rings is 1. The highest BCUT2D eigenvalue weighted by Crippen LogP contribution is 2.29. The Morgan fingerprint density at radius 1 is 1.04 bits per heavy atom. The van der Waals surface area contributed by atoms with E-state index in [1.165, 1.54) is 12.1 Å². The average molecular weight is 407 g/mol. The van der Waals surface area contributed by atoms with Crippen LogP contribution in [0.25, 0.3) is 0 Å². The lowest BCUT2D eigenvalue weighted by Crippen LogP contribution is -2.47. The number of carbonyl (C=O) groups is 1. The Bertz CT molecular complexity index is 892. The molecule has 0 aromatic heterocycles. The van der Waals surface area contributed by atoms with Crippen molar-refractivity contribution in [1.82, 2.24) is 9.80 Å². The van der Waals surface area contributed by atoms with E-state index in [0.717, 1.165) is 17.7 Å². The van der Waals surface area contributed by atoms with Gasteiger partial charge in [0.05, 0.1) is 5.56 Å². The Morgan fingerprint density at radius 2 is 1.71 bits per heavy atom. The van der Waals surface area contributed by atoms with Crippen molar-refractivity contribution in [2.45, 2.75) is 12.7 Å². The number of carbonyl (C=O) groups excluding carboxylic acids is 1. The van der Waals surface area contributed by atoms with Crippen LogP contribution in [0, 0.1) is 11.8 Å². The number of hydrogen-bond donors (Lipinski definition) is 0. The molecule has 146 valence electrons. The van der Waals surface area contributed by atoms with Crippen molar-refractivity contribution in [3.63, 3.8) is 0 Å². The summed E-state index contributed by atoms with van der Waals surface area (Å²) in [5, 5.41) is 0.566. The third kappa shape index (κ3) is 5.51. The van der Waals surface area contributed by atoms with Crippen LogP contribution in [0.5, 0.6) is 0 Å². The van der Waals surface area contributed by atoms with E-state index in [1.807, 2.05) is 0 Å². The molecule has 3 nitrogen and oxygen atoms in total. The lowest BCUT2D eigenvalue weighted by atomic mass is 10.1. The van der Waals surface area contributed by atoms with Crippen molar-refractivity contribution in [2.75, 3.05) is 26.2 Å². The zero-order valence-corrected chi connectivity index (χ0v) is 15.7. The molecule has 0 saturated carbocycles. The van der Waals surface area contributed by atoms with E-state index in [0.29, 0.717) is 43.3 Å². The van der Waals surface area contributed by atoms with Crippen LogP contribution in [0.2, 0.25) is 5.02 Å². The average Bonchev–Trinajstić information content (AvgIpc) is 2.66. The van der Waals surface area contributed by atoms with Crippen molar-refractivity contribution < 1.29 is 18.0 Å². The fraction of sp³-hybridized carbons (Fsp3) is 0.286. The number of nitrogens with zero attached hydrogens (tertiary/aromatic N) is 2. The van der Waals surface area contributed by atoms with Gasteiger partial charge in [0.15, 0.2) is 0 Å². The van der Waals surface area contributed by atoms with Gasteiger partial charge in [-0.1, -0.05) is 35.7 Å². The molecule has 3 rings (SSSR count). The fourth-order valence-corrected chi connectivity index (χ4v) is 3.13. The van der Waals surface area contributed by atoms with Crippen LogP contribution in [0.3, 0.4) is 0 Å². The molecule has 2 aromatic rings. The number of benzene rings is 2. The first-order valence-electron chi connectivity index (χ1n) is 8.76. The summed E-state index contributed by atoms with van der Waals surface area (Å²) in [5.41, 5.74) is 0.847. The van der Waals surface area contributed by atoms with Crippen molar-refractivity contribution in [2.24, 2.45) is 0 Å². The number of amides is 1. The Balaban J connectivity index is 1.51. The van der Waals surface area contributed by atoms with E-state index >= 15 is 0 Å². The van der Waals surface area contributed by atoms with E-state index in [2.05, 4.69) is 16.7 Å².